The Kier molecular flexibility index (Phi) is 5.52. The predicted molar refractivity (Wildman–Crippen MR) is 91.5 cm³/mol. The average molecular weight is 333 g/mol. The molecule has 5 heteroatoms. The molecular formula is C19H27NO4. The summed E-state index contributed by atoms with van der Waals surface area (Å²) in [7, 11) is 0. The number of carbonyl (C=O) groups is 2. The van der Waals surface area contributed by atoms with Crippen LogP contribution in [0.4, 0.5) is 4.79 Å². The summed E-state index contributed by atoms with van der Waals surface area (Å²) in [5, 5.41) is 12.6. The van der Waals surface area contributed by atoms with Crippen LogP contribution in [0.15, 0.2) is 30.3 Å². The summed E-state index contributed by atoms with van der Waals surface area (Å²) in [5.41, 5.74) is -0.608. The zero-order valence-electron chi connectivity index (χ0n) is 14.7. The van der Waals surface area contributed by atoms with Crippen LogP contribution in [-0.4, -0.2) is 22.7 Å². The van der Waals surface area contributed by atoms with Crippen LogP contribution in [0.5, 0.6) is 0 Å². The number of nitrogens with one attached hydrogen (secondary N) is 1. The van der Waals surface area contributed by atoms with Gasteiger partial charge in [0.05, 0.1) is 0 Å². The fourth-order valence-electron chi connectivity index (χ4n) is 3.75. The standard InChI is InChI=1S/C19H27NO4/c1-18(2,3)15-11-7-8-12-19(15,16(21)22)20-17(23)24-13-14-9-5-4-6-10-14/h4-6,9-10,15H,7-8,11-13H2,1-3H3,(H,20,23)(H,21,22)/t15-,19-/m1/s1. The van der Waals surface area contributed by atoms with Crippen LogP contribution in [0.1, 0.15) is 52.0 Å². The van der Waals surface area contributed by atoms with E-state index < -0.39 is 17.6 Å². The number of aliphatic carboxylic acids is 1. The molecule has 0 aromatic heterocycles. The summed E-state index contributed by atoms with van der Waals surface area (Å²) in [6.45, 7) is 6.20. The molecule has 0 aliphatic heterocycles. The van der Waals surface area contributed by atoms with Gasteiger partial charge in [-0.15, -0.1) is 0 Å². The maximum atomic E-state index is 12.3. The van der Waals surface area contributed by atoms with Gasteiger partial charge < -0.3 is 15.2 Å². The Morgan fingerprint density at radius 1 is 1.25 bits per heavy atom. The molecule has 0 unspecified atom stereocenters. The maximum absolute atomic E-state index is 12.3. The van der Waals surface area contributed by atoms with E-state index in [1.807, 2.05) is 51.1 Å². The Balaban J connectivity index is 2.11. The van der Waals surface area contributed by atoms with Gasteiger partial charge in [0.1, 0.15) is 12.1 Å². The third kappa shape index (κ3) is 4.08. The van der Waals surface area contributed by atoms with E-state index in [2.05, 4.69) is 5.32 Å². The monoisotopic (exact) mass is 333 g/mol. The zero-order chi connectivity index (χ0) is 17.8. The molecule has 0 bridgehead atoms. The van der Waals surface area contributed by atoms with Crippen LogP contribution in [-0.2, 0) is 16.1 Å². The van der Waals surface area contributed by atoms with Crippen molar-refractivity contribution in [2.24, 2.45) is 11.3 Å². The van der Waals surface area contributed by atoms with Crippen LogP contribution >= 0.6 is 0 Å². The van der Waals surface area contributed by atoms with E-state index in [-0.39, 0.29) is 17.9 Å². The summed E-state index contributed by atoms with van der Waals surface area (Å²) in [5.74, 6) is -1.11. The Morgan fingerprint density at radius 3 is 2.50 bits per heavy atom. The Bertz CT molecular complexity index is 579. The van der Waals surface area contributed by atoms with Crippen LogP contribution < -0.4 is 5.32 Å². The number of carboxylic acids is 1. The van der Waals surface area contributed by atoms with Gasteiger partial charge in [-0.3, -0.25) is 0 Å². The van der Waals surface area contributed by atoms with Crippen molar-refractivity contribution in [1.82, 2.24) is 5.32 Å². The van der Waals surface area contributed by atoms with Crippen molar-refractivity contribution in [3.8, 4) is 0 Å². The van der Waals surface area contributed by atoms with E-state index in [9.17, 15) is 14.7 Å². The second kappa shape index (κ2) is 7.24. The number of benzene rings is 1. The van der Waals surface area contributed by atoms with Gasteiger partial charge in [0.25, 0.3) is 0 Å². The molecular weight excluding hydrogens is 306 g/mol. The first-order valence-electron chi connectivity index (χ1n) is 8.48. The molecule has 24 heavy (non-hydrogen) atoms. The van der Waals surface area contributed by atoms with Gasteiger partial charge in [-0.1, -0.05) is 63.9 Å². The second-order valence-electron chi connectivity index (χ2n) is 7.63. The molecule has 5 nitrogen and oxygen atoms in total. The fourth-order valence-corrected chi connectivity index (χ4v) is 3.75. The number of alkyl carbamates (subject to hydrolysis) is 1. The molecule has 1 amide bonds. The quantitative estimate of drug-likeness (QED) is 0.874. The van der Waals surface area contributed by atoms with E-state index in [1.54, 1.807) is 0 Å². The lowest BCUT2D eigenvalue weighted by atomic mass is 9.62. The van der Waals surface area contributed by atoms with Crippen LogP contribution in [0.3, 0.4) is 0 Å². The van der Waals surface area contributed by atoms with E-state index in [0.29, 0.717) is 6.42 Å². The zero-order valence-corrected chi connectivity index (χ0v) is 14.7. The lowest BCUT2D eigenvalue weighted by molar-refractivity contribution is -0.152. The molecule has 1 aromatic carbocycles. The van der Waals surface area contributed by atoms with Gasteiger partial charge in [-0.25, -0.2) is 9.59 Å². The minimum atomic E-state index is -1.26. The number of hydrogen-bond acceptors (Lipinski definition) is 3. The average Bonchev–Trinajstić information content (AvgIpc) is 2.53. The lowest BCUT2D eigenvalue weighted by Gasteiger charge is -2.47. The van der Waals surface area contributed by atoms with Crippen molar-refractivity contribution in [2.75, 3.05) is 0 Å². The molecule has 2 N–H and O–H groups in total. The first-order valence-corrected chi connectivity index (χ1v) is 8.48. The van der Waals surface area contributed by atoms with Gasteiger partial charge in [-0.05, 0) is 29.7 Å². The van der Waals surface area contributed by atoms with E-state index >= 15 is 0 Å². The fraction of sp³-hybridized carbons (Fsp3) is 0.579. The highest BCUT2D eigenvalue weighted by Gasteiger charge is 2.52. The van der Waals surface area contributed by atoms with Gasteiger partial charge >= 0.3 is 12.1 Å². The summed E-state index contributed by atoms with van der Waals surface area (Å²) >= 11 is 0. The summed E-state index contributed by atoms with van der Waals surface area (Å²) in [6, 6.07) is 9.34. The summed E-state index contributed by atoms with van der Waals surface area (Å²) in [6.07, 6.45) is 2.33. The minimum Gasteiger partial charge on any atom is -0.479 e. The van der Waals surface area contributed by atoms with Crippen molar-refractivity contribution >= 4 is 12.1 Å². The van der Waals surface area contributed by atoms with Crippen molar-refractivity contribution in [2.45, 2.75) is 58.6 Å². The molecule has 1 saturated carbocycles. The van der Waals surface area contributed by atoms with E-state index in [1.165, 1.54) is 0 Å². The van der Waals surface area contributed by atoms with Crippen molar-refractivity contribution in [1.29, 1.82) is 0 Å². The molecule has 1 aliphatic rings. The predicted octanol–water partition coefficient (Wildman–Crippen LogP) is 3.97. The van der Waals surface area contributed by atoms with Crippen molar-refractivity contribution < 1.29 is 19.4 Å². The first-order chi connectivity index (χ1) is 11.3. The van der Waals surface area contributed by atoms with E-state index in [4.69, 9.17) is 4.74 Å². The Labute approximate surface area is 143 Å². The molecule has 1 aromatic rings. The molecule has 132 valence electrons. The van der Waals surface area contributed by atoms with Crippen molar-refractivity contribution in [3.63, 3.8) is 0 Å². The molecule has 0 spiro atoms. The summed E-state index contributed by atoms with van der Waals surface area (Å²) in [4.78, 5) is 24.3. The third-order valence-corrected chi connectivity index (χ3v) is 4.87. The van der Waals surface area contributed by atoms with Crippen LogP contribution in [0, 0.1) is 11.3 Å². The number of rotatable bonds is 4. The highest BCUT2D eigenvalue weighted by atomic mass is 16.5. The lowest BCUT2D eigenvalue weighted by Crippen LogP contribution is -2.63. The minimum absolute atomic E-state index is 0.128. The second-order valence-corrected chi connectivity index (χ2v) is 7.63. The van der Waals surface area contributed by atoms with Crippen LogP contribution in [0.2, 0.25) is 0 Å². The van der Waals surface area contributed by atoms with Gasteiger partial charge in [-0.2, -0.15) is 0 Å². The number of amides is 1. The SMILES string of the molecule is CC(C)(C)[C@H]1CCCC[C@]1(NC(=O)OCc1ccccc1)C(=O)O. The molecule has 1 aliphatic carbocycles. The smallest absolute Gasteiger partial charge is 0.408 e. The topological polar surface area (TPSA) is 75.6 Å². The largest absolute Gasteiger partial charge is 0.479 e. The Morgan fingerprint density at radius 2 is 1.92 bits per heavy atom. The van der Waals surface area contributed by atoms with Crippen LogP contribution in [0.25, 0.3) is 0 Å². The molecule has 2 rings (SSSR count). The molecule has 0 heterocycles. The van der Waals surface area contributed by atoms with Gasteiger partial charge in [0.15, 0.2) is 0 Å². The summed E-state index contributed by atoms with van der Waals surface area (Å²) < 4.78 is 5.25. The van der Waals surface area contributed by atoms with Gasteiger partial charge in [0.2, 0.25) is 0 Å². The number of hydrogen-bond donors (Lipinski definition) is 2. The number of carbonyl (C=O) groups excluding carboxylic acids is 1. The molecule has 1 fully saturated rings. The number of ether oxygens (including phenoxy) is 1. The molecule has 0 radical (unpaired) electrons. The maximum Gasteiger partial charge on any atom is 0.408 e. The van der Waals surface area contributed by atoms with Crippen molar-refractivity contribution in [3.05, 3.63) is 35.9 Å². The van der Waals surface area contributed by atoms with E-state index in [0.717, 1.165) is 24.8 Å². The molecule has 0 saturated heterocycles. The normalized spacial score (nSPS) is 24.2. The highest BCUT2D eigenvalue weighted by Crippen LogP contribution is 2.44. The Hall–Kier alpha value is -2.04. The highest BCUT2D eigenvalue weighted by molar-refractivity contribution is 5.85. The van der Waals surface area contributed by atoms with Gasteiger partial charge in [0, 0.05) is 0 Å². The third-order valence-electron chi connectivity index (χ3n) is 4.87. The number of carboxylic acid groups (broad SMARTS) is 1. The molecule has 2 atom stereocenters. The first kappa shape index (κ1) is 18.3.